The molecule has 0 bridgehead atoms. The zero-order valence-electron chi connectivity index (χ0n) is 7.66. The van der Waals surface area contributed by atoms with Crippen LogP contribution in [0.15, 0.2) is 12.1 Å². The topological polar surface area (TPSA) is 9.23 Å². The van der Waals surface area contributed by atoms with Crippen LogP contribution >= 0.6 is 15.9 Å². The number of halogens is 5. The third-order valence-corrected chi connectivity index (χ3v) is 2.41. The molecule has 1 rings (SSSR count). The second-order valence-electron chi connectivity index (χ2n) is 2.78. The predicted octanol–water partition coefficient (Wildman–Crippen LogP) is 3.75. The summed E-state index contributed by atoms with van der Waals surface area (Å²) in [6.45, 7) is 0. The first-order valence-electron chi connectivity index (χ1n) is 3.89. The van der Waals surface area contributed by atoms with Gasteiger partial charge in [-0.15, -0.1) is 0 Å². The Labute approximate surface area is 92.2 Å². The van der Waals surface area contributed by atoms with Crippen molar-refractivity contribution in [3.8, 4) is 5.75 Å². The van der Waals surface area contributed by atoms with Crippen molar-refractivity contribution in [3.63, 3.8) is 0 Å². The average Bonchev–Trinajstić information content (AvgIpc) is 2.16. The van der Waals surface area contributed by atoms with Crippen LogP contribution in [-0.2, 0) is 11.5 Å². The molecule has 0 amide bonds. The highest BCUT2D eigenvalue weighted by Gasteiger charge is 2.35. The van der Waals surface area contributed by atoms with Crippen LogP contribution in [0.4, 0.5) is 17.6 Å². The Kier molecular flexibility index (Phi) is 3.59. The Morgan fingerprint density at radius 2 is 1.93 bits per heavy atom. The molecule has 15 heavy (non-hydrogen) atoms. The highest BCUT2D eigenvalue weighted by Crippen LogP contribution is 2.35. The highest BCUT2D eigenvalue weighted by atomic mass is 79.9. The fourth-order valence-electron chi connectivity index (χ4n) is 1.08. The van der Waals surface area contributed by atoms with Crippen LogP contribution in [0.25, 0.3) is 0 Å². The van der Waals surface area contributed by atoms with Gasteiger partial charge in [-0.2, -0.15) is 13.2 Å². The van der Waals surface area contributed by atoms with E-state index in [4.69, 9.17) is 0 Å². The molecular weight excluding hydrogens is 280 g/mol. The zero-order chi connectivity index (χ0) is 11.6. The van der Waals surface area contributed by atoms with Gasteiger partial charge in [0.05, 0.1) is 12.7 Å². The van der Waals surface area contributed by atoms with Gasteiger partial charge in [0, 0.05) is 10.9 Å². The van der Waals surface area contributed by atoms with E-state index in [1.165, 1.54) is 13.2 Å². The van der Waals surface area contributed by atoms with Gasteiger partial charge in [-0.05, 0) is 12.1 Å². The first-order valence-corrected chi connectivity index (χ1v) is 5.02. The Bertz CT molecular complexity index is 362. The van der Waals surface area contributed by atoms with Gasteiger partial charge in [-0.25, -0.2) is 4.39 Å². The molecule has 0 saturated heterocycles. The third-order valence-electron chi connectivity index (χ3n) is 1.81. The molecule has 0 spiro atoms. The van der Waals surface area contributed by atoms with E-state index in [2.05, 4.69) is 20.7 Å². The Balaban J connectivity index is 3.37. The molecule has 0 saturated carbocycles. The average molecular weight is 287 g/mol. The van der Waals surface area contributed by atoms with E-state index < -0.39 is 17.6 Å². The summed E-state index contributed by atoms with van der Waals surface area (Å²) in [7, 11) is 1.23. The minimum Gasteiger partial charge on any atom is -0.497 e. The van der Waals surface area contributed by atoms with Crippen molar-refractivity contribution < 1.29 is 22.3 Å². The Hall–Kier alpha value is -0.780. The number of rotatable bonds is 2. The molecule has 1 aromatic rings. The minimum atomic E-state index is -4.71. The molecule has 0 fully saturated rings. The SMILES string of the molecule is COc1cc(CBr)c(F)c(C(F)(F)F)c1. The van der Waals surface area contributed by atoms with Crippen LogP contribution in [-0.4, -0.2) is 7.11 Å². The van der Waals surface area contributed by atoms with Crippen molar-refractivity contribution in [2.75, 3.05) is 7.11 Å². The monoisotopic (exact) mass is 286 g/mol. The number of benzene rings is 1. The van der Waals surface area contributed by atoms with E-state index in [1.54, 1.807) is 0 Å². The summed E-state index contributed by atoms with van der Waals surface area (Å²) in [5.74, 6) is -1.28. The summed E-state index contributed by atoms with van der Waals surface area (Å²) in [5.41, 5.74) is -1.39. The summed E-state index contributed by atoms with van der Waals surface area (Å²) >= 11 is 2.91. The van der Waals surface area contributed by atoms with Crippen LogP contribution in [0.2, 0.25) is 0 Å². The van der Waals surface area contributed by atoms with Crippen molar-refractivity contribution in [2.24, 2.45) is 0 Å². The maximum Gasteiger partial charge on any atom is 0.419 e. The van der Waals surface area contributed by atoms with Gasteiger partial charge in [0.15, 0.2) is 0 Å². The van der Waals surface area contributed by atoms with Crippen LogP contribution in [0.5, 0.6) is 5.75 Å². The smallest absolute Gasteiger partial charge is 0.419 e. The van der Waals surface area contributed by atoms with Crippen molar-refractivity contribution >= 4 is 15.9 Å². The van der Waals surface area contributed by atoms with Crippen LogP contribution in [0.3, 0.4) is 0 Å². The molecule has 1 aromatic carbocycles. The molecule has 0 N–H and O–H groups in total. The third kappa shape index (κ3) is 2.62. The molecule has 0 aromatic heterocycles. The maximum absolute atomic E-state index is 13.3. The lowest BCUT2D eigenvalue weighted by Gasteiger charge is -2.12. The van der Waals surface area contributed by atoms with E-state index in [-0.39, 0.29) is 16.6 Å². The van der Waals surface area contributed by atoms with E-state index in [0.29, 0.717) is 6.07 Å². The molecule has 1 nitrogen and oxygen atoms in total. The number of ether oxygens (including phenoxy) is 1. The van der Waals surface area contributed by atoms with Crippen LogP contribution < -0.4 is 4.74 Å². The zero-order valence-corrected chi connectivity index (χ0v) is 9.25. The number of methoxy groups -OCH3 is 1. The Morgan fingerprint density at radius 3 is 2.33 bits per heavy atom. The van der Waals surface area contributed by atoms with Gasteiger partial charge < -0.3 is 4.74 Å². The molecule has 0 unspecified atom stereocenters. The van der Waals surface area contributed by atoms with Crippen molar-refractivity contribution in [1.82, 2.24) is 0 Å². The molecule has 84 valence electrons. The van der Waals surface area contributed by atoms with Crippen LogP contribution in [0, 0.1) is 5.82 Å². The molecule has 6 heteroatoms. The van der Waals surface area contributed by atoms with Gasteiger partial charge in [0.25, 0.3) is 0 Å². The lowest BCUT2D eigenvalue weighted by atomic mass is 10.1. The maximum atomic E-state index is 13.3. The molecule has 0 heterocycles. The van der Waals surface area contributed by atoms with Gasteiger partial charge >= 0.3 is 6.18 Å². The fourth-order valence-corrected chi connectivity index (χ4v) is 1.48. The lowest BCUT2D eigenvalue weighted by Crippen LogP contribution is -2.10. The highest BCUT2D eigenvalue weighted by molar-refractivity contribution is 9.08. The number of alkyl halides is 4. The standard InChI is InChI=1S/C9H7BrF4O/c1-15-6-2-5(4-10)8(11)7(3-6)9(12,13)14/h2-3H,4H2,1H3. The van der Waals surface area contributed by atoms with Crippen molar-refractivity contribution in [2.45, 2.75) is 11.5 Å². The van der Waals surface area contributed by atoms with Crippen LogP contribution in [0.1, 0.15) is 11.1 Å². The van der Waals surface area contributed by atoms with Crippen molar-refractivity contribution in [1.29, 1.82) is 0 Å². The van der Waals surface area contributed by atoms with Gasteiger partial charge in [0.2, 0.25) is 0 Å². The summed E-state index contributed by atoms with van der Waals surface area (Å²) in [4.78, 5) is 0. The molecule has 0 aliphatic heterocycles. The fraction of sp³-hybridized carbons (Fsp3) is 0.333. The van der Waals surface area contributed by atoms with E-state index in [0.717, 1.165) is 0 Å². The Morgan fingerprint density at radius 1 is 1.33 bits per heavy atom. The lowest BCUT2D eigenvalue weighted by molar-refractivity contribution is -0.140. The second-order valence-corrected chi connectivity index (χ2v) is 3.34. The van der Waals surface area contributed by atoms with E-state index in [1.807, 2.05) is 0 Å². The largest absolute Gasteiger partial charge is 0.497 e. The summed E-state index contributed by atoms with van der Waals surface area (Å²) < 4.78 is 55.1. The predicted molar refractivity (Wildman–Crippen MR) is 50.6 cm³/mol. The van der Waals surface area contributed by atoms with E-state index in [9.17, 15) is 17.6 Å². The summed E-state index contributed by atoms with van der Waals surface area (Å²) in [6.07, 6.45) is -4.71. The summed E-state index contributed by atoms with van der Waals surface area (Å²) in [5, 5.41) is -0.000880. The van der Waals surface area contributed by atoms with Gasteiger partial charge in [-0.1, -0.05) is 15.9 Å². The number of hydrogen-bond donors (Lipinski definition) is 0. The van der Waals surface area contributed by atoms with Gasteiger partial charge in [0.1, 0.15) is 11.6 Å². The molecule has 0 aliphatic carbocycles. The molecule has 0 radical (unpaired) electrons. The van der Waals surface area contributed by atoms with Crippen molar-refractivity contribution in [3.05, 3.63) is 29.1 Å². The quantitative estimate of drug-likeness (QED) is 0.594. The second kappa shape index (κ2) is 4.38. The van der Waals surface area contributed by atoms with E-state index >= 15 is 0 Å². The minimum absolute atomic E-state index is 0.000880. The first-order chi connectivity index (χ1) is 6.90. The number of hydrogen-bond acceptors (Lipinski definition) is 1. The summed E-state index contributed by atoms with van der Waals surface area (Å²) in [6, 6.07) is 1.86. The first kappa shape index (κ1) is 12.3. The molecule has 0 aliphatic rings. The molecule has 0 atom stereocenters. The molecular formula is C9H7BrF4O. The van der Waals surface area contributed by atoms with Gasteiger partial charge in [-0.3, -0.25) is 0 Å². The normalized spacial score (nSPS) is 11.6.